The summed E-state index contributed by atoms with van der Waals surface area (Å²) in [7, 11) is -2.04. The van der Waals surface area contributed by atoms with Gasteiger partial charge in [-0.25, -0.2) is 0 Å². The van der Waals surface area contributed by atoms with Gasteiger partial charge in [0.2, 0.25) is 0 Å². The highest BCUT2D eigenvalue weighted by atomic mass is 35.7. The van der Waals surface area contributed by atoms with Crippen molar-refractivity contribution in [3.05, 3.63) is 35.4 Å². The molecule has 0 fully saturated rings. The van der Waals surface area contributed by atoms with Crippen molar-refractivity contribution in [1.29, 1.82) is 0 Å². The summed E-state index contributed by atoms with van der Waals surface area (Å²) in [6.07, 6.45) is 3.78. The molecule has 0 saturated carbocycles. The van der Waals surface area contributed by atoms with Crippen molar-refractivity contribution in [3.8, 4) is 71.0 Å². The van der Waals surface area contributed by atoms with E-state index >= 15 is 0 Å². The van der Waals surface area contributed by atoms with Gasteiger partial charge in [-0.05, 0) is 74.4 Å². The number of hydrogen-bond acceptors (Lipinski definition) is 1. The van der Waals surface area contributed by atoms with Crippen LogP contribution in [0.5, 0.6) is 0 Å². The first-order chi connectivity index (χ1) is 15.3. The van der Waals surface area contributed by atoms with E-state index in [0.717, 1.165) is 6.54 Å². The highest BCUT2D eigenvalue weighted by Crippen LogP contribution is 2.52. The van der Waals surface area contributed by atoms with Crippen LogP contribution in [0.25, 0.3) is 0 Å². The molecule has 0 amide bonds. The van der Waals surface area contributed by atoms with E-state index in [1.807, 2.05) is 11.8 Å². The van der Waals surface area contributed by atoms with Gasteiger partial charge in [0.05, 0.1) is 15.3 Å². The predicted molar refractivity (Wildman–Crippen MR) is 135 cm³/mol. The van der Waals surface area contributed by atoms with E-state index in [9.17, 15) is 8.78 Å². The minimum Gasteiger partial charge on any atom is -0.260 e. The third-order valence-corrected chi connectivity index (χ3v) is 8.55. The maximum atomic E-state index is 11.8. The van der Waals surface area contributed by atoms with Gasteiger partial charge in [0.25, 0.3) is 0 Å². The Labute approximate surface area is 198 Å². The molecular weight excluding hydrogens is 462 g/mol. The zero-order valence-electron chi connectivity index (χ0n) is 18.4. The second-order valence-electron chi connectivity index (χ2n) is 7.34. The summed E-state index contributed by atoms with van der Waals surface area (Å²) in [4.78, 5) is 0. The van der Waals surface area contributed by atoms with E-state index in [0.29, 0.717) is 12.3 Å². The van der Waals surface area contributed by atoms with Gasteiger partial charge in [0.1, 0.15) is 12.3 Å². The van der Waals surface area contributed by atoms with Gasteiger partial charge in [-0.3, -0.25) is 4.67 Å². The van der Waals surface area contributed by atoms with Gasteiger partial charge < -0.3 is 0 Å². The molecule has 0 spiro atoms. The van der Waals surface area contributed by atoms with Crippen molar-refractivity contribution in [2.75, 3.05) is 12.3 Å². The molecule has 0 aromatic heterocycles. The summed E-state index contributed by atoms with van der Waals surface area (Å²) >= 11 is 6.89. The highest BCUT2D eigenvalue weighted by Gasteiger charge is 2.28. The smallest absolute Gasteiger partial charge is 0.119 e. The third kappa shape index (κ3) is 11.8. The lowest BCUT2D eigenvalue weighted by Crippen LogP contribution is -2.36. The van der Waals surface area contributed by atoms with Crippen molar-refractivity contribution >= 4 is 26.6 Å². The summed E-state index contributed by atoms with van der Waals surface area (Å²) in [5.74, 6) is 18.8. The zero-order valence-corrected chi connectivity index (χ0v) is 21.0. The lowest BCUT2D eigenvalue weighted by Gasteiger charge is -2.39. The Morgan fingerprint density at radius 2 is 1.31 bits per heavy atom. The average Bonchev–Trinajstić information content (AvgIpc) is 2.75. The molecule has 6 heteroatoms. The molecule has 32 heavy (non-hydrogen) atoms. The molecule has 1 nitrogen and oxygen atoms in total. The Bertz CT molecular complexity index is 1080. The van der Waals surface area contributed by atoms with Crippen LogP contribution < -0.4 is 0 Å². The molecule has 1 atom stereocenters. The van der Waals surface area contributed by atoms with Crippen LogP contribution in [-0.2, 0) is 6.54 Å². The van der Waals surface area contributed by atoms with Crippen molar-refractivity contribution in [2.24, 2.45) is 0 Å². The van der Waals surface area contributed by atoms with Crippen molar-refractivity contribution in [3.63, 3.8) is 0 Å². The fourth-order valence-corrected chi connectivity index (χ4v) is 7.16. The second kappa shape index (κ2) is 15.4. The molecule has 1 aromatic carbocycles. The molecule has 0 bridgehead atoms. The third-order valence-electron chi connectivity index (χ3n) is 3.85. The standard InChI is InChI=1S/C26H22ClF2NP2/c1-24-13-15-25(16-14-24)23-30(26(2,3)4)32(27)22-21-31(19-11-7-5-9-17-28)20-12-8-6-10-18-29/h13-16H,21-23H2,1-4H3. The van der Waals surface area contributed by atoms with E-state index in [1.165, 1.54) is 23.5 Å². The maximum absolute atomic E-state index is 11.8. The largest absolute Gasteiger partial charge is 0.260 e. The van der Waals surface area contributed by atoms with E-state index < -0.39 is 15.3 Å². The average molecular weight is 484 g/mol. The first-order valence-corrected chi connectivity index (χ1v) is 13.5. The number of aryl methyl sites for hydroxylation is 1. The zero-order chi connectivity index (χ0) is 23.8. The number of rotatable bonds is 6. The molecule has 162 valence electrons. The minimum absolute atomic E-state index is 0.120. The van der Waals surface area contributed by atoms with Crippen molar-refractivity contribution < 1.29 is 8.78 Å². The molecule has 1 aromatic rings. The van der Waals surface area contributed by atoms with Gasteiger partial charge in [0, 0.05) is 41.9 Å². The van der Waals surface area contributed by atoms with Gasteiger partial charge in [-0.1, -0.05) is 41.1 Å². The van der Waals surface area contributed by atoms with Crippen LogP contribution in [0.15, 0.2) is 24.3 Å². The summed E-state index contributed by atoms with van der Waals surface area (Å²) in [6.45, 7) is 9.24. The monoisotopic (exact) mass is 483 g/mol. The van der Waals surface area contributed by atoms with Crippen LogP contribution in [0.1, 0.15) is 31.9 Å². The number of benzene rings is 1. The summed E-state index contributed by atoms with van der Waals surface area (Å²) in [6, 6.07) is 8.44. The summed E-state index contributed by atoms with van der Waals surface area (Å²) in [5.41, 5.74) is 8.28. The molecular formula is C26H22ClF2NP2. The molecule has 0 N–H and O–H groups in total. The Morgan fingerprint density at radius 1 is 0.812 bits per heavy atom. The van der Waals surface area contributed by atoms with E-state index in [4.69, 9.17) is 11.2 Å². The van der Waals surface area contributed by atoms with Crippen molar-refractivity contribution in [1.82, 2.24) is 4.67 Å². The SMILES string of the molecule is Cc1ccc(CN(P(Cl)CCP(C#CC#CC#CF)C#CC#CC#CF)C(C)(C)C)cc1. The Morgan fingerprint density at radius 3 is 1.78 bits per heavy atom. The van der Waals surface area contributed by atoms with Crippen LogP contribution in [-0.4, -0.2) is 22.5 Å². The van der Waals surface area contributed by atoms with Gasteiger partial charge in [-0.15, -0.1) is 8.78 Å². The fourth-order valence-electron chi connectivity index (χ4n) is 2.31. The Balaban J connectivity index is 2.97. The number of hydrogen-bond donors (Lipinski definition) is 0. The van der Waals surface area contributed by atoms with Gasteiger partial charge >= 0.3 is 0 Å². The molecule has 0 radical (unpaired) electrons. The van der Waals surface area contributed by atoms with Crippen LogP contribution in [0.2, 0.25) is 0 Å². The van der Waals surface area contributed by atoms with Gasteiger partial charge in [-0.2, -0.15) is 0 Å². The second-order valence-corrected chi connectivity index (χ2v) is 11.9. The molecule has 0 aliphatic rings. The topological polar surface area (TPSA) is 3.24 Å². The van der Waals surface area contributed by atoms with Crippen LogP contribution in [0.4, 0.5) is 8.78 Å². The van der Waals surface area contributed by atoms with Crippen LogP contribution >= 0.6 is 26.6 Å². The number of nitrogens with zero attached hydrogens (tertiary/aromatic N) is 1. The number of halogens is 3. The normalized spacial score (nSPS) is 10.3. The Hall–Kier alpha value is -2.45. The lowest BCUT2D eigenvalue weighted by molar-refractivity contribution is 0.259. The van der Waals surface area contributed by atoms with E-state index in [2.05, 4.69) is 103 Å². The maximum Gasteiger partial charge on any atom is 0.119 e. The quantitative estimate of drug-likeness (QED) is 0.333. The molecule has 0 aliphatic heterocycles. The van der Waals surface area contributed by atoms with E-state index in [1.54, 1.807) is 0 Å². The summed E-state index contributed by atoms with van der Waals surface area (Å²) < 4.78 is 25.9. The fraction of sp³-hybridized carbons (Fsp3) is 0.308. The lowest BCUT2D eigenvalue weighted by atomic mass is 10.1. The first kappa shape index (κ1) is 27.6. The minimum atomic E-state index is -1.07. The van der Waals surface area contributed by atoms with Crippen LogP contribution in [0.3, 0.4) is 0 Å². The molecule has 0 heterocycles. The Kier molecular flexibility index (Phi) is 13.2. The van der Waals surface area contributed by atoms with E-state index in [-0.39, 0.29) is 5.54 Å². The molecule has 1 rings (SSSR count). The van der Waals surface area contributed by atoms with Crippen LogP contribution in [0, 0.1) is 78.0 Å². The summed E-state index contributed by atoms with van der Waals surface area (Å²) in [5, 5.41) is 0. The molecule has 0 saturated heterocycles. The first-order valence-electron chi connectivity index (χ1n) is 9.54. The highest BCUT2D eigenvalue weighted by molar-refractivity contribution is 7.82. The van der Waals surface area contributed by atoms with Gasteiger partial charge in [0.15, 0.2) is 0 Å². The molecule has 1 unspecified atom stereocenters. The molecule has 0 aliphatic carbocycles. The van der Waals surface area contributed by atoms with Crippen molar-refractivity contribution in [2.45, 2.75) is 39.8 Å². The predicted octanol–water partition coefficient (Wildman–Crippen LogP) is 6.42.